The molecule has 19 heavy (non-hydrogen) atoms. The molecular formula is C13H20N2O4. The summed E-state index contributed by atoms with van der Waals surface area (Å²) < 4.78 is 10.2. The van der Waals surface area contributed by atoms with Crippen LogP contribution in [-0.4, -0.2) is 56.1 Å². The van der Waals surface area contributed by atoms with E-state index in [1.165, 1.54) is 6.20 Å². The predicted octanol–water partition coefficient (Wildman–Crippen LogP) is 1.27. The van der Waals surface area contributed by atoms with Crippen molar-refractivity contribution < 1.29 is 19.4 Å². The predicted molar refractivity (Wildman–Crippen MR) is 71.8 cm³/mol. The van der Waals surface area contributed by atoms with Crippen LogP contribution in [0.4, 0.5) is 5.82 Å². The summed E-state index contributed by atoms with van der Waals surface area (Å²) in [5.74, 6) is -0.265. The van der Waals surface area contributed by atoms with E-state index in [-0.39, 0.29) is 11.6 Å². The lowest BCUT2D eigenvalue weighted by atomic mass is 10.2. The molecule has 1 aromatic heterocycles. The molecule has 0 fully saturated rings. The molecule has 0 saturated carbocycles. The van der Waals surface area contributed by atoms with Crippen LogP contribution in [0.1, 0.15) is 17.3 Å². The minimum absolute atomic E-state index is 0.128. The number of carboxylic acid groups (broad SMARTS) is 1. The van der Waals surface area contributed by atoms with Gasteiger partial charge < -0.3 is 19.5 Å². The summed E-state index contributed by atoms with van der Waals surface area (Å²) in [4.78, 5) is 17.0. The molecule has 106 valence electrons. The molecule has 1 atom stereocenters. The summed E-state index contributed by atoms with van der Waals surface area (Å²) in [5, 5.41) is 8.86. The first-order valence-corrected chi connectivity index (χ1v) is 6.04. The number of ether oxygens (including phenoxy) is 2. The van der Waals surface area contributed by atoms with Crippen LogP contribution in [0.15, 0.2) is 18.3 Å². The number of anilines is 1. The van der Waals surface area contributed by atoms with Crippen molar-refractivity contribution in [3.05, 3.63) is 23.9 Å². The van der Waals surface area contributed by atoms with Crippen molar-refractivity contribution in [2.24, 2.45) is 0 Å². The highest BCUT2D eigenvalue weighted by atomic mass is 16.5. The Bertz CT molecular complexity index is 394. The number of rotatable bonds is 8. The first kappa shape index (κ1) is 15.4. The van der Waals surface area contributed by atoms with E-state index in [0.29, 0.717) is 25.6 Å². The molecule has 0 saturated heterocycles. The summed E-state index contributed by atoms with van der Waals surface area (Å²) >= 11 is 0. The second kappa shape index (κ2) is 7.70. The second-order valence-electron chi connectivity index (χ2n) is 4.20. The highest BCUT2D eigenvalue weighted by Gasteiger charge is 2.16. The van der Waals surface area contributed by atoms with E-state index in [2.05, 4.69) is 4.98 Å². The number of hydrogen-bond acceptors (Lipinski definition) is 5. The van der Waals surface area contributed by atoms with Gasteiger partial charge in [-0.25, -0.2) is 9.78 Å². The maximum Gasteiger partial charge on any atom is 0.337 e. The van der Waals surface area contributed by atoms with Crippen LogP contribution >= 0.6 is 0 Å². The van der Waals surface area contributed by atoms with Crippen molar-refractivity contribution in [2.45, 2.75) is 13.0 Å². The molecule has 6 heteroatoms. The lowest BCUT2D eigenvalue weighted by Crippen LogP contribution is -2.39. The fourth-order valence-corrected chi connectivity index (χ4v) is 1.76. The Kier molecular flexibility index (Phi) is 6.24. The van der Waals surface area contributed by atoms with Gasteiger partial charge in [0.15, 0.2) is 0 Å². The molecule has 0 amide bonds. The maximum atomic E-state index is 10.8. The Labute approximate surface area is 113 Å². The zero-order chi connectivity index (χ0) is 14.3. The molecule has 0 bridgehead atoms. The number of pyridine rings is 1. The highest BCUT2D eigenvalue weighted by Crippen LogP contribution is 2.14. The van der Waals surface area contributed by atoms with Crippen LogP contribution in [0.3, 0.4) is 0 Å². The molecule has 0 aromatic carbocycles. The van der Waals surface area contributed by atoms with Gasteiger partial charge in [0, 0.05) is 27.0 Å². The Hall–Kier alpha value is -1.66. The Balaban J connectivity index is 2.86. The summed E-state index contributed by atoms with van der Waals surface area (Å²) in [6.45, 7) is 3.81. The third kappa shape index (κ3) is 4.50. The van der Waals surface area contributed by atoms with Gasteiger partial charge in [0.2, 0.25) is 0 Å². The highest BCUT2D eigenvalue weighted by molar-refractivity contribution is 5.87. The number of carboxylic acids is 1. The molecule has 0 aliphatic rings. The lowest BCUT2D eigenvalue weighted by molar-refractivity contribution is 0.0696. The first-order chi connectivity index (χ1) is 9.10. The first-order valence-electron chi connectivity index (χ1n) is 6.04. The summed E-state index contributed by atoms with van der Waals surface area (Å²) in [7, 11) is 3.28. The van der Waals surface area contributed by atoms with Gasteiger partial charge in [0.25, 0.3) is 0 Å². The van der Waals surface area contributed by atoms with Crippen molar-refractivity contribution >= 4 is 11.8 Å². The Morgan fingerprint density at radius 1 is 1.42 bits per heavy atom. The van der Waals surface area contributed by atoms with Gasteiger partial charge in [-0.05, 0) is 19.1 Å². The van der Waals surface area contributed by atoms with Crippen molar-refractivity contribution in [3.63, 3.8) is 0 Å². The van der Waals surface area contributed by atoms with Crippen molar-refractivity contribution in [1.82, 2.24) is 4.98 Å². The van der Waals surface area contributed by atoms with Crippen molar-refractivity contribution in [1.29, 1.82) is 0 Å². The lowest BCUT2D eigenvalue weighted by Gasteiger charge is -2.29. The van der Waals surface area contributed by atoms with E-state index < -0.39 is 5.97 Å². The van der Waals surface area contributed by atoms with Gasteiger partial charge in [-0.15, -0.1) is 0 Å². The Morgan fingerprint density at radius 2 is 2.16 bits per heavy atom. The zero-order valence-electron chi connectivity index (χ0n) is 11.5. The topological polar surface area (TPSA) is 71.9 Å². The Morgan fingerprint density at radius 3 is 2.63 bits per heavy atom. The number of aromatic carboxylic acids is 1. The van der Waals surface area contributed by atoms with Crippen molar-refractivity contribution in [2.75, 3.05) is 38.9 Å². The van der Waals surface area contributed by atoms with Crippen molar-refractivity contribution in [3.8, 4) is 0 Å². The molecule has 1 heterocycles. The number of carbonyl (C=O) groups is 1. The molecule has 0 aliphatic heterocycles. The van der Waals surface area contributed by atoms with E-state index in [0.717, 1.165) is 0 Å². The number of hydrogen-bond donors (Lipinski definition) is 1. The van der Waals surface area contributed by atoms with Crippen LogP contribution in [-0.2, 0) is 9.47 Å². The summed E-state index contributed by atoms with van der Waals surface area (Å²) in [6, 6.07) is 3.37. The number of nitrogens with zero attached hydrogens (tertiary/aromatic N) is 2. The fraction of sp³-hybridized carbons (Fsp3) is 0.538. The molecule has 1 rings (SSSR count). The van der Waals surface area contributed by atoms with Gasteiger partial charge in [-0.2, -0.15) is 0 Å². The van der Waals surface area contributed by atoms with E-state index in [1.54, 1.807) is 26.4 Å². The van der Waals surface area contributed by atoms with Crippen LogP contribution in [0.25, 0.3) is 0 Å². The minimum atomic E-state index is -0.979. The second-order valence-corrected chi connectivity index (χ2v) is 4.20. The normalized spacial score (nSPS) is 12.2. The molecule has 6 nitrogen and oxygen atoms in total. The van der Waals surface area contributed by atoms with E-state index in [1.807, 2.05) is 11.8 Å². The number of methoxy groups -OCH3 is 2. The summed E-state index contributed by atoms with van der Waals surface area (Å²) in [5.41, 5.74) is 0.176. The average molecular weight is 268 g/mol. The SMILES string of the molecule is COCCN(c1ccc(C(=O)O)cn1)C(C)COC. The van der Waals surface area contributed by atoms with E-state index >= 15 is 0 Å². The molecule has 0 spiro atoms. The summed E-state index contributed by atoms with van der Waals surface area (Å²) in [6.07, 6.45) is 1.36. The third-order valence-corrected chi connectivity index (χ3v) is 2.77. The molecule has 1 aromatic rings. The molecule has 1 N–H and O–H groups in total. The van der Waals surface area contributed by atoms with Crippen LogP contribution in [0.2, 0.25) is 0 Å². The largest absolute Gasteiger partial charge is 0.478 e. The molecule has 0 aliphatic carbocycles. The van der Waals surface area contributed by atoms with Crippen LogP contribution in [0.5, 0.6) is 0 Å². The number of aromatic nitrogens is 1. The standard InChI is InChI=1S/C13H20N2O4/c1-10(9-19-3)15(6-7-18-2)12-5-4-11(8-14-12)13(16)17/h4-5,8,10H,6-7,9H2,1-3H3,(H,16,17). The third-order valence-electron chi connectivity index (χ3n) is 2.77. The monoisotopic (exact) mass is 268 g/mol. The minimum Gasteiger partial charge on any atom is -0.478 e. The van der Waals surface area contributed by atoms with E-state index in [4.69, 9.17) is 14.6 Å². The van der Waals surface area contributed by atoms with Crippen LogP contribution in [0, 0.1) is 0 Å². The molecule has 0 radical (unpaired) electrons. The zero-order valence-corrected chi connectivity index (χ0v) is 11.5. The van der Waals surface area contributed by atoms with Gasteiger partial charge >= 0.3 is 5.97 Å². The maximum absolute atomic E-state index is 10.8. The smallest absolute Gasteiger partial charge is 0.337 e. The molecule has 1 unspecified atom stereocenters. The fourth-order valence-electron chi connectivity index (χ4n) is 1.76. The van der Waals surface area contributed by atoms with Gasteiger partial charge in [-0.1, -0.05) is 0 Å². The van der Waals surface area contributed by atoms with Crippen LogP contribution < -0.4 is 4.90 Å². The average Bonchev–Trinajstić information content (AvgIpc) is 2.40. The van der Waals surface area contributed by atoms with Gasteiger partial charge in [0.1, 0.15) is 5.82 Å². The van der Waals surface area contributed by atoms with Gasteiger partial charge in [-0.3, -0.25) is 0 Å². The van der Waals surface area contributed by atoms with E-state index in [9.17, 15) is 4.79 Å². The molecular weight excluding hydrogens is 248 g/mol. The quantitative estimate of drug-likeness (QED) is 0.765. The van der Waals surface area contributed by atoms with Gasteiger partial charge in [0.05, 0.1) is 24.8 Å².